The van der Waals surface area contributed by atoms with Crippen LogP contribution in [-0.4, -0.2) is 47.8 Å². The normalized spacial score (nSPS) is 14.2. The molecule has 39 heavy (non-hydrogen) atoms. The van der Waals surface area contributed by atoms with Crippen molar-refractivity contribution in [2.75, 3.05) is 29.6 Å². The Morgan fingerprint density at radius 3 is 2.03 bits per heavy atom. The van der Waals surface area contributed by atoms with Gasteiger partial charge in [0.2, 0.25) is 0 Å². The summed E-state index contributed by atoms with van der Waals surface area (Å²) in [5.74, 6) is -0.113. The van der Waals surface area contributed by atoms with E-state index >= 15 is 0 Å². The van der Waals surface area contributed by atoms with Crippen LogP contribution < -0.4 is 14.2 Å². The van der Waals surface area contributed by atoms with E-state index in [-0.39, 0.29) is 38.4 Å². The molecule has 3 aromatic rings. The van der Waals surface area contributed by atoms with E-state index in [1.807, 2.05) is 0 Å². The number of hydrogen-bond donors (Lipinski definition) is 2. The molecular weight excluding hydrogens is 559 g/mol. The second kappa shape index (κ2) is 10.8. The Balaban J connectivity index is 1.52. The van der Waals surface area contributed by atoms with Crippen LogP contribution in [0.5, 0.6) is 5.75 Å². The molecule has 0 saturated carbocycles. The zero-order chi connectivity index (χ0) is 28.4. The van der Waals surface area contributed by atoms with E-state index in [9.17, 15) is 34.8 Å². The number of alkyl halides is 3. The molecule has 3 aromatic carbocycles. The number of carbonyl (C=O) groups excluding carboxylic acids is 1. The number of anilines is 2. The van der Waals surface area contributed by atoms with E-state index in [1.165, 1.54) is 43.5 Å². The summed E-state index contributed by atoms with van der Waals surface area (Å²) < 4.78 is 99.9. The Bertz CT molecular complexity index is 1590. The Morgan fingerprint density at radius 1 is 0.821 bits per heavy atom. The SMILES string of the molecule is COc1ccc(S(=O)(=O)Nc2ccc(S(=O)(=O)Nc3cccc(C(F)(F)F)c3)cc2)cc1C(=O)N1CCCC1. The number of rotatable bonds is 8. The maximum Gasteiger partial charge on any atom is 0.416 e. The van der Waals surface area contributed by atoms with Gasteiger partial charge >= 0.3 is 6.18 Å². The highest BCUT2D eigenvalue weighted by Gasteiger charge is 2.31. The van der Waals surface area contributed by atoms with Crippen molar-refractivity contribution in [1.29, 1.82) is 0 Å². The fourth-order valence-electron chi connectivity index (χ4n) is 4.00. The van der Waals surface area contributed by atoms with Crippen LogP contribution >= 0.6 is 0 Å². The molecule has 2 N–H and O–H groups in total. The third-order valence-corrected chi connectivity index (χ3v) is 8.74. The second-order valence-electron chi connectivity index (χ2n) is 8.68. The molecule has 0 radical (unpaired) electrons. The molecule has 1 aliphatic heterocycles. The molecule has 14 heteroatoms. The number of halogens is 3. The molecule has 0 spiro atoms. The minimum absolute atomic E-state index is 0.0243. The fraction of sp³-hybridized carbons (Fsp3) is 0.240. The summed E-state index contributed by atoms with van der Waals surface area (Å²) in [7, 11) is -7.08. The predicted octanol–water partition coefficient (Wildman–Crippen LogP) is 4.55. The zero-order valence-electron chi connectivity index (χ0n) is 20.5. The average Bonchev–Trinajstić information content (AvgIpc) is 3.42. The Hall–Kier alpha value is -3.78. The van der Waals surface area contributed by atoms with E-state index in [1.54, 1.807) is 4.90 Å². The Morgan fingerprint density at radius 2 is 1.41 bits per heavy atom. The first kappa shape index (κ1) is 28.2. The highest BCUT2D eigenvalue weighted by atomic mass is 32.2. The molecule has 1 aliphatic rings. The maximum atomic E-state index is 13.0. The molecular formula is C25H24F3N3O6S2. The second-order valence-corrected chi connectivity index (χ2v) is 12.0. The predicted molar refractivity (Wildman–Crippen MR) is 138 cm³/mol. The van der Waals surface area contributed by atoms with Crippen molar-refractivity contribution < 1.29 is 39.5 Å². The Kier molecular flexibility index (Phi) is 7.80. The van der Waals surface area contributed by atoms with Crippen molar-refractivity contribution in [3.8, 4) is 5.75 Å². The van der Waals surface area contributed by atoms with Gasteiger partial charge in [-0.25, -0.2) is 16.8 Å². The van der Waals surface area contributed by atoms with Gasteiger partial charge in [0.1, 0.15) is 5.75 Å². The van der Waals surface area contributed by atoms with Gasteiger partial charge in [-0.15, -0.1) is 0 Å². The van der Waals surface area contributed by atoms with Gasteiger partial charge in [0, 0.05) is 24.5 Å². The maximum absolute atomic E-state index is 13.0. The van der Waals surface area contributed by atoms with Crippen LogP contribution in [0.25, 0.3) is 0 Å². The molecule has 1 fully saturated rings. The van der Waals surface area contributed by atoms with Gasteiger partial charge in [-0.2, -0.15) is 13.2 Å². The lowest BCUT2D eigenvalue weighted by atomic mass is 10.1. The summed E-state index contributed by atoms with van der Waals surface area (Å²) in [6.45, 7) is 1.13. The van der Waals surface area contributed by atoms with Crippen LogP contribution in [0.4, 0.5) is 24.5 Å². The number of ether oxygens (including phenoxy) is 1. The van der Waals surface area contributed by atoms with E-state index < -0.39 is 31.8 Å². The highest BCUT2D eigenvalue weighted by Crippen LogP contribution is 2.31. The highest BCUT2D eigenvalue weighted by molar-refractivity contribution is 7.93. The summed E-state index contributed by atoms with van der Waals surface area (Å²) in [5.41, 5.74) is -1.18. The fourth-order valence-corrected chi connectivity index (χ4v) is 6.14. The molecule has 208 valence electrons. The summed E-state index contributed by atoms with van der Waals surface area (Å²) in [6, 6.07) is 12.2. The van der Waals surface area contributed by atoms with Crippen LogP contribution in [0.15, 0.2) is 76.5 Å². The summed E-state index contributed by atoms with van der Waals surface area (Å²) in [6.07, 6.45) is -2.93. The van der Waals surface area contributed by atoms with Crippen molar-refractivity contribution in [2.24, 2.45) is 0 Å². The van der Waals surface area contributed by atoms with Crippen molar-refractivity contribution in [3.05, 3.63) is 77.9 Å². The third-order valence-electron chi connectivity index (χ3n) is 5.96. The number of amides is 1. The quantitative estimate of drug-likeness (QED) is 0.401. The van der Waals surface area contributed by atoms with E-state index in [2.05, 4.69) is 9.44 Å². The monoisotopic (exact) mass is 583 g/mol. The number of sulfonamides is 2. The van der Waals surface area contributed by atoms with Crippen molar-refractivity contribution in [1.82, 2.24) is 4.90 Å². The van der Waals surface area contributed by atoms with Crippen molar-refractivity contribution >= 4 is 37.3 Å². The van der Waals surface area contributed by atoms with Gasteiger partial charge in [-0.3, -0.25) is 14.2 Å². The van der Waals surface area contributed by atoms with Crippen molar-refractivity contribution in [2.45, 2.75) is 28.8 Å². The van der Waals surface area contributed by atoms with E-state index in [0.29, 0.717) is 19.2 Å². The molecule has 1 amide bonds. The molecule has 1 saturated heterocycles. The number of likely N-dealkylation sites (tertiary alicyclic amines) is 1. The van der Waals surface area contributed by atoms with Crippen molar-refractivity contribution in [3.63, 3.8) is 0 Å². The number of benzene rings is 3. The molecule has 4 rings (SSSR count). The Labute approximate surface area is 223 Å². The topological polar surface area (TPSA) is 122 Å². The van der Waals surface area contributed by atoms with Gasteiger partial charge < -0.3 is 9.64 Å². The number of carbonyl (C=O) groups is 1. The minimum Gasteiger partial charge on any atom is -0.496 e. The molecule has 0 bridgehead atoms. The minimum atomic E-state index is -4.65. The lowest BCUT2D eigenvalue weighted by molar-refractivity contribution is -0.137. The molecule has 9 nitrogen and oxygen atoms in total. The summed E-state index contributed by atoms with van der Waals surface area (Å²) >= 11 is 0. The molecule has 0 unspecified atom stereocenters. The van der Waals surface area contributed by atoms with Gasteiger partial charge in [0.15, 0.2) is 0 Å². The number of nitrogens with one attached hydrogen (secondary N) is 2. The van der Waals surface area contributed by atoms with Crippen LogP contribution in [0.1, 0.15) is 28.8 Å². The number of nitrogens with zero attached hydrogens (tertiary/aromatic N) is 1. The van der Waals surface area contributed by atoms with Gasteiger partial charge in [0.25, 0.3) is 26.0 Å². The standard InChI is InChI=1S/C25H24F3N3O6S2/c1-37-23-12-11-21(16-22(23)24(32)31-13-2-3-14-31)39(35,36)29-18-7-9-20(10-8-18)38(33,34)30-19-6-4-5-17(15-19)25(26,27)28/h4-12,15-16,29-30H,2-3,13-14H2,1H3. The smallest absolute Gasteiger partial charge is 0.416 e. The molecule has 0 aromatic heterocycles. The van der Waals surface area contributed by atoms with E-state index in [0.717, 1.165) is 37.1 Å². The lowest BCUT2D eigenvalue weighted by Crippen LogP contribution is -2.28. The first-order valence-electron chi connectivity index (χ1n) is 11.6. The summed E-state index contributed by atoms with van der Waals surface area (Å²) in [4.78, 5) is 14.0. The molecule has 0 aliphatic carbocycles. The van der Waals surface area contributed by atoms with Crippen LogP contribution in [-0.2, 0) is 26.2 Å². The number of methoxy groups -OCH3 is 1. The average molecular weight is 584 g/mol. The first-order chi connectivity index (χ1) is 18.3. The van der Waals surface area contributed by atoms with E-state index in [4.69, 9.17) is 4.74 Å². The number of hydrogen-bond acceptors (Lipinski definition) is 6. The van der Waals surface area contributed by atoms with Gasteiger partial charge in [0.05, 0.1) is 28.0 Å². The first-order valence-corrected chi connectivity index (χ1v) is 14.6. The summed E-state index contributed by atoms with van der Waals surface area (Å²) in [5, 5.41) is 0. The largest absolute Gasteiger partial charge is 0.496 e. The molecule has 0 atom stereocenters. The molecule has 1 heterocycles. The third kappa shape index (κ3) is 6.45. The van der Waals surface area contributed by atoms with Crippen LogP contribution in [0.2, 0.25) is 0 Å². The van der Waals surface area contributed by atoms with Crippen LogP contribution in [0.3, 0.4) is 0 Å². The zero-order valence-corrected chi connectivity index (χ0v) is 22.2. The van der Waals surface area contributed by atoms with Gasteiger partial charge in [-0.05, 0) is 73.5 Å². The van der Waals surface area contributed by atoms with Gasteiger partial charge in [-0.1, -0.05) is 6.07 Å². The lowest BCUT2D eigenvalue weighted by Gasteiger charge is -2.18. The van der Waals surface area contributed by atoms with Crippen LogP contribution in [0, 0.1) is 0 Å².